The third-order valence-electron chi connectivity index (χ3n) is 3.01. The summed E-state index contributed by atoms with van der Waals surface area (Å²) in [4.78, 5) is 25.1. The molecule has 5 nitrogen and oxygen atoms in total. The maximum absolute atomic E-state index is 11.4. The number of ketones is 1. The molecule has 0 saturated heterocycles. The van der Waals surface area contributed by atoms with Crippen LogP contribution in [0.3, 0.4) is 0 Å². The first kappa shape index (κ1) is 15.7. The molecule has 1 aromatic carbocycles. The molecule has 0 amide bonds. The van der Waals surface area contributed by atoms with Crippen LogP contribution < -0.4 is 4.90 Å². The number of thiophene rings is 1. The molecule has 0 aliphatic rings. The van der Waals surface area contributed by atoms with Gasteiger partial charge in [0.05, 0.1) is 17.0 Å². The van der Waals surface area contributed by atoms with Gasteiger partial charge in [0, 0.05) is 33.5 Å². The van der Waals surface area contributed by atoms with Crippen molar-refractivity contribution in [2.24, 2.45) is 0 Å². The van der Waals surface area contributed by atoms with Gasteiger partial charge in [0.25, 0.3) is 5.69 Å². The lowest BCUT2D eigenvalue weighted by molar-refractivity contribution is -0.385. The smallest absolute Gasteiger partial charge is 0.282 e. The van der Waals surface area contributed by atoms with E-state index in [4.69, 9.17) is 0 Å². The van der Waals surface area contributed by atoms with Crippen LogP contribution in [0.4, 0.5) is 11.4 Å². The highest BCUT2D eigenvalue weighted by atomic mass is 79.9. The Morgan fingerprint density at radius 3 is 2.67 bits per heavy atom. The third-order valence-corrected chi connectivity index (χ3v) is 4.70. The molecule has 1 aromatic heterocycles. The van der Waals surface area contributed by atoms with Crippen LogP contribution in [0.1, 0.15) is 22.2 Å². The SMILES string of the molecule is CC(=O)c1ccc(N(C)Cc2cc(Br)cs2)cc1[N+](=O)[O-]. The molecule has 1 heterocycles. The molecule has 0 aliphatic carbocycles. The van der Waals surface area contributed by atoms with Gasteiger partial charge in [0.2, 0.25) is 0 Å². The number of carbonyl (C=O) groups excluding carboxylic acids is 1. The molecule has 0 unspecified atom stereocenters. The number of nitro groups is 1. The van der Waals surface area contributed by atoms with Gasteiger partial charge in [-0.15, -0.1) is 11.3 Å². The lowest BCUT2D eigenvalue weighted by Crippen LogP contribution is -2.16. The summed E-state index contributed by atoms with van der Waals surface area (Å²) in [6.45, 7) is 1.97. The van der Waals surface area contributed by atoms with Gasteiger partial charge in [-0.3, -0.25) is 14.9 Å². The molecule has 0 radical (unpaired) electrons. The van der Waals surface area contributed by atoms with E-state index in [1.807, 2.05) is 23.4 Å². The Morgan fingerprint density at radius 2 is 2.14 bits per heavy atom. The van der Waals surface area contributed by atoms with Crippen LogP contribution in [0.2, 0.25) is 0 Å². The van der Waals surface area contributed by atoms with Crippen molar-refractivity contribution in [3.8, 4) is 0 Å². The van der Waals surface area contributed by atoms with Crippen LogP contribution >= 0.6 is 27.3 Å². The summed E-state index contributed by atoms with van der Waals surface area (Å²) in [5.74, 6) is -0.307. The summed E-state index contributed by atoms with van der Waals surface area (Å²) in [6.07, 6.45) is 0. The minimum absolute atomic E-state index is 0.135. The minimum Gasteiger partial charge on any atom is -0.369 e. The lowest BCUT2D eigenvalue weighted by Gasteiger charge is -2.18. The minimum atomic E-state index is -0.518. The van der Waals surface area contributed by atoms with Gasteiger partial charge in [-0.25, -0.2) is 0 Å². The molecular formula is C14H13BrN2O3S. The maximum atomic E-state index is 11.4. The molecule has 0 N–H and O–H groups in total. The first-order chi connectivity index (χ1) is 9.88. The van der Waals surface area contributed by atoms with Crippen molar-refractivity contribution in [1.29, 1.82) is 0 Å². The van der Waals surface area contributed by atoms with Gasteiger partial charge < -0.3 is 4.90 Å². The predicted molar refractivity (Wildman–Crippen MR) is 87.2 cm³/mol. The number of hydrogen-bond acceptors (Lipinski definition) is 5. The van der Waals surface area contributed by atoms with Gasteiger partial charge >= 0.3 is 0 Å². The molecule has 0 fully saturated rings. The van der Waals surface area contributed by atoms with Gasteiger partial charge in [0.1, 0.15) is 0 Å². The second-order valence-electron chi connectivity index (χ2n) is 4.60. The monoisotopic (exact) mass is 368 g/mol. The number of nitrogens with zero attached hydrogens (tertiary/aromatic N) is 2. The lowest BCUT2D eigenvalue weighted by atomic mass is 10.1. The van der Waals surface area contributed by atoms with Crippen molar-refractivity contribution in [3.63, 3.8) is 0 Å². The van der Waals surface area contributed by atoms with E-state index >= 15 is 0 Å². The number of Topliss-reactive ketones (excluding diaryl/α,β-unsaturated/α-hetero) is 1. The van der Waals surface area contributed by atoms with Crippen molar-refractivity contribution in [2.75, 3.05) is 11.9 Å². The van der Waals surface area contributed by atoms with Crippen LogP contribution in [0.15, 0.2) is 34.1 Å². The van der Waals surface area contributed by atoms with Gasteiger partial charge in [0.15, 0.2) is 5.78 Å². The highest BCUT2D eigenvalue weighted by molar-refractivity contribution is 9.10. The topological polar surface area (TPSA) is 63.5 Å². The average molecular weight is 369 g/mol. The van der Waals surface area contributed by atoms with E-state index in [1.54, 1.807) is 17.4 Å². The fourth-order valence-corrected chi connectivity index (χ4v) is 3.47. The molecule has 7 heteroatoms. The van der Waals surface area contributed by atoms with Crippen LogP contribution in [0, 0.1) is 10.1 Å². The van der Waals surface area contributed by atoms with Crippen molar-refractivity contribution in [3.05, 3.63) is 54.7 Å². The Morgan fingerprint density at radius 1 is 1.43 bits per heavy atom. The van der Waals surface area contributed by atoms with Crippen molar-refractivity contribution >= 4 is 44.4 Å². The van der Waals surface area contributed by atoms with Crippen molar-refractivity contribution < 1.29 is 9.72 Å². The van der Waals surface area contributed by atoms with E-state index in [-0.39, 0.29) is 17.0 Å². The molecule has 0 spiro atoms. The highest BCUT2D eigenvalue weighted by Gasteiger charge is 2.19. The summed E-state index contributed by atoms with van der Waals surface area (Å²) in [7, 11) is 1.86. The van der Waals surface area contributed by atoms with Gasteiger partial charge in [-0.2, -0.15) is 0 Å². The first-order valence-electron chi connectivity index (χ1n) is 6.12. The molecule has 110 valence electrons. The van der Waals surface area contributed by atoms with E-state index in [0.29, 0.717) is 12.2 Å². The normalized spacial score (nSPS) is 10.4. The van der Waals surface area contributed by atoms with E-state index in [2.05, 4.69) is 15.9 Å². The molecule has 0 aliphatic heterocycles. The number of nitro benzene ring substituents is 1. The number of carbonyl (C=O) groups is 1. The zero-order valence-corrected chi connectivity index (χ0v) is 13.9. The zero-order chi connectivity index (χ0) is 15.6. The van der Waals surface area contributed by atoms with E-state index < -0.39 is 4.92 Å². The Labute approximate surface area is 134 Å². The molecule has 0 saturated carbocycles. The Bertz CT molecular complexity index is 699. The number of anilines is 1. The van der Waals surface area contributed by atoms with E-state index in [1.165, 1.54) is 19.1 Å². The van der Waals surface area contributed by atoms with Crippen LogP contribution in [0.5, 0.6) is 0 Å². The van der Waals surface area contributed by atoms with Crippen LogP contribution in [-0.4, -0.2) is 17.8 Å². The quantitative estimate of drug-likeness (QED) is 0.449. The van der Waals surface area contributed by atoms with Crippen molar-refractivity contribution in [1.82, 2.24) is 0 Å². The molecule has 2 rings (SSSR count). The predicted octanol–water partition coefficient (Wildman–Crippen LogP) is 4.26. The summed E-state index contributed by atoms with van der Waals surface area (Å²) >= 11 is 5.01. The van der Waals surface area contributed by atoms with Crippen molar-refractivity contribution in [2.45, 2.75) is 13.5 Å². The molecule has 0 bridgehead atoms. The fraction of sp³-hybridized carbons (Fsp3) is 0.214. The summed E-state index contributed by atoms with van der Waals surface area (Å²) in [6, 6.07) is 6.70. The van der Waals surface area contributed by atoms with E-state index in [0.717, 1.165) is 9.35 Å². The Kier molecular flexibility index (Phi) is 4.74. The summed E-state index contributed by atoms with van der Waals surface area (Å²) in [5.41, 5.74) is 0.687. The van der Waals surface area contributed by atoms with E-state index in [9.17, 15) is 14.9 Å². The standard InChI is InChI=1S/C14H13BrN2O3S/c1-9(18)13-4-3-11(6-14(13)17(19)20)16(2)7-12-5-10(15)8-21-12/h3-6,8H,7H2,1-2H3. The van der Waals surface area contributed by atoms with Crippen LogP contribution in [-0.2, 0) is 6.54 Å². The van der Waals surface area contributed by atoms with Gasteiger partial charge in [-0.05, 0) is 41.1 Å². The van der Waals surface area contributed by atoms with Gasteiger partial charge in [-0.1, -0.05) is 0 Å². The van der Waals surface area contributed by atoms with Crippen LogP contribution in [0.25, 0.3) is 0 Å². The Hall–Kier alpha value is -1.73. The second-order valence-corrected chi connectivity index (χ2v) is 6.51. The third kappa shape index (κ3) is 3.68. The number of hydrogen-bond donors (Lipinski definition) is 0. The second kappa shape index (κ2) is 6.36. The highest BCUT2D eigenvalue weighted by Crippen LogP contribution is 2.28. The molecule has 0 atom stereocenters. The average Bonchev–Trinajstić information content (AvgIpc) is 2.83. The zero-order valence-electron chi connectivity index (χ0n) is 11.5. The number of halogens is 1. The fourth-order valence-electron chi connectivity index (χ4n) is 1.97. The maximum Gasteiger partial charge on any atom is 0.282 e. The number of rotatable bonds is 5. The Balaban J connectivity index is 2.29. The number of benzene rings is 1. The molecular weight excluding hydrogens is 356 g/mol. The summed E-state index contributed by atoms with van der Waals surface area (Å²) in [5, 5.41) is 13.1. The molecule has 2 aromatic rings. The first-order valence-corrected chi connectivity index (χ1v) is 7.79. The summed E-state index contributed by atoms with van der Waals surface area (Å²) < 4.78 is 1.02. The molecule has 21 heavy (non-hydrogen) atoms. The largest absolute Gasteiger partial charge is 0.369 e.